The van der Waals surface area contributed by atoms with E-state index < -0.39 is 16.8 Å². The number of benzene rings is 3. The van der Waals surface area contributed by atoms with Gasteiger partial charge in [0.25, 0.3) is 11.6 Å². The van der Waals surface area contributed by atoms with Crippen LogP contribution in [0.2, 0.25) is 5.02 Å². The number of hydrogen-bond acceptors (Lipinski definition) is 5. The Bertz CT molecular complexity index is 1480. The van der Waals surface area contributed by atoms with Gasteiger partial charge >= 0.3 is 0 Å². The van der Waals surface area contributed by atoms with Crippen molar-refractivity contribution in [3.8, 4) is 11.4 Å². The van der Waals surface area contributed by atoms with Crippen LogP contribution in [0.25, 0.3) is 5.69 Å². The van der Waals surface area contributed by atoms with Gasteiger partial charge in [0.1, 0.15) is 5.75 Å². The van der Waals surface area contributed by atoms with E-state index in [1.54, 1.807) is 47.9 Å². The minimum Gasteiger partial charge on any atom is -0.481 e. The van der Waals surface area contributed by atoms with Crippen molar-refractivity contribution < 1.29 is 19.2 Å². The number of halogens is 1. The number of non-ortho nitro benzene ring substituents is 1. The largest absolute Gasteiger partial charge is 0.481 e. The molecule has 1 N–H and O–H groups in total. The van der Waals surface area contributed by atoms with Crippen LogP contribution in [-0.2, 0) is 17.8 Å². The zero-order valence-electron chi connectivity index (χ0n) is 20.9. The van der Waals surface area contributed by atoms with E-state index >= 15 is 0 Å². The summed E-state index contributed by atoms with van der Waals surface area (Å²) in [4.78, 5) is 37.3. The molecule has 0 fully saturated rings. The number of amides is 1. The Labute approximate surface area is 225 Å². The van der Waals surface area contributed by atoms with Gasteiger partial charge in [0.05, 0.1) is 27.7 Å². The van der Waals surface area contributed by atoms with Crippen molar-refractivity contribution in [1.82, 2.24) is 9.88 Å². The maximum atomic E-state index is 13.5. The molecule has 1 amide bonds. The number of aryl methyl sites for hydroxylation is 1. The molecule has 0 radical (unpaired) electrons. The van der Waals surface area contributed by atoms with Crippen LogP contribution >= 0.6 is 11.6 Å². The Kier molecular flexibility index (Phi) is 8.23. The van der Waals surface area contributed by atoms with Crippen LogP contribution in [-0.4, -0.2) is 27.3 Å². The van der Waals surface area contributed by atoms with Crippen LogP contribution in [0.4, 0.5) is 5.69 Å². The number of aromatic nitrogens is 1. The lowest BCUT2D eigenvalue weighted by Gasteiger charge is -2.17. The lowest BCUT2D eigenvalue weighted by atomic mass is 10.0. The second-order valence-electron chi connectivity index (χ2n) is 8.62. The molecule has 38 heavy (non-hydrogen) atoms. The first kappa shape index (κ1) is 26.6. The van der Waals surface area contributed by atoms with Crippen LogP contribution in [0.15, 0.2) is 85.1 Å². The van der Waals surface area contributed by atoms with Crippen LogP contribution in [0.3, 0.4) is 0 Å². The molecule has 1 unspecified atom stereocenters. The molecule has 8 nitrogen and oxygen atoms in total. The Morgan fingerprint density at radius 1 is 1.03 bits per heavy atom. The van der Waals surface area contributed by atoms with E-state index in [1.165, 1.54) is 18.2 Å². The van der Waals surface area contributed by atoms with Crippen molar-refractivity contribution >= 4 is 29.0 Å². The van der Waals surface area contributed by atoms with Gasteiger partial charge in [-0.05, 0) is 55.3 Å². The standard InChI is InChI=1S/C29H26ClN3O5/c1-3-20-15-22(17-31-29(35)19(2)38-23-9-5-4-6-10-23)32(18-20)27-14-13-21(33(36)37)16-25(27)28(34)24-11-7-8-12-26(24)30/h4-16,18-19H,3,17H2,1-2H3,(H,31,35). The molecule has 0 saturated heterocycles. The summed E-state index contributed by atoms with van der Waals surface area (Å²) >= 11 is 6.28. The van der Waals surface area contributed by atoms with Crippen molar-refractivity contribution in [2.45, 2.75) is 32.9 Å². The highest BCUT2D eigenvalue weighted by Gasteiger charge is 2.23. The van der Waals surface area contributed by atoms with Gasteiger partial charge in [-0.2, -0.15) is 0 Å². The number of nitrogens with zero attached hydrogens (tertiary/aromatic N) is 2. The van der Waals surface area contributed by atoms with Crippen LogP contribution in [0.1, 0.15) is 41.0 Å². The van der Waals surface area contributed by atoms with Crippen molar-refractivity contribution in [3.05, 3.63) is 123 Å². The summed E-state index contributed by atoms with van der Waals surface area (Å²) in [6, 6.07) is 21.7. The fourth-order valence-corrected chi connectivity index (χ4v) is 4.24. The van der Waals surface area contributed by atoms with Crippen molar-refractivity contribution in [3.63, 3.8) is 0 Å². The summed E-state index contributed by atoms with van der Waals surface area (Å²) in [6.07, 6.45) is 1.83. The number of rotatable bonds is 10. The maximum Gasteiger partial charge on any atom is 0.270 e. The molecule has 0 saturated carbocycles. The third kappa shape index (κ3) is 5.92. The summed E-state index contributed by atoms with van der Waals surface area (Å²) < 4.78 is 7.49. The number of nitro groups is 1. The lowest BCUT2D eigenvalue weighted by molar-refractivity contribution is -0.384. The molecule has 1 heterocycles. The van der Waals surface area contributed by atoms with Gasteiger partial charge < -0.3 is 14.6 Å². The van der Waals surface area contributed by atoms with E-state index in [4.69, 9.17) is 16.3 Å². The monoisotopic (exact) mass is 531 g/mol. The minimum absolute atomic E-state index is 0.124. The van der Waals surface area contributed by atoms with Gasteiger partial charge in [0, 0.05) is 29.6 Å². The van der Waals surface area contributed by atoms with E-state index in [-0.39, 0.29) is 34.3 Å². The van der Waals surface area contributed by atoms with E-state index in [1.807, 2.05) is 37.4 Å². The molecule has 0 bridgehead atoms. The first-order valence-electron chi connectivity index (χ1n) is 12.1. The number of para-hydroxylation sites is 1. The quantitative estimate of drug-likeness (QED) is 0.155. The number of hydrogen-bond donors (Lipinski definition) is 1. The highest BCUT2D eigenvalue weighted by molar-refractivity contribution is 6.35. The third-order valence-electron chi connectivity index (χ3n) is 6.05. The molecule has 1 atom stereocenters. The first-order chi connectivity index (χ1) is 18.3. The van der Waals surface area contributed by atoms with E-state index in [0.717, 1.165) is 5.56 Å². The average molecular weight is 532 g/mol. The molecule has 3 aromatic carbocycles. The van der Waals surface area contributed by atoms with Crippen molar-refractivity contribution in [2.75, 3.05) is 0 Å². The predicted molar refractivity (Wildman–Crippen MR) is 145 cm³/mol. The summed E-state index contributed by atoms with van der Waals surface area (Å²) in [5.41, 5.74) is 2.26. The number of carbonyl (C=O) groups excluding carboxylic acids is 2. The summed E-state index contributed by atoms with van der Waals surface area (Å²) in [5, 5.41) is 14.7. The van der Waals surface area contributed by atoms with E-state index in [2.05, 4.69) is 5.32 Å². The third-order valence-corrected chi connectivity index (χ3v) is 6.38. The van der Waals surface area contributed by atoms with E-state index in [9.17, 15) is 19.7 Å². The van der Waals surface area contributed by atoms with Gasteiger partial charge in [0.2, 0.25) is 0 Å². The van der Waals surface area contributed by atoms with Crippen LogP contribution in [0.5, 0.6) is 5.75 Å². The maximum absolute atomic E-state index is 13.5. The van der Waals surface area contributed by atoms with Gasteiger partial charge in [-0.15, -0.1) is 0 Å². The fourth-order valence-electron chi connectivity index (χ4n) is 4.02. The number of ketones is 1. The molecule has 0 aliphatic heterocycles. The highest BCUT2D eigenvalue weighted by Crippen LogP contribution is 2.28. The minimum atomic E-state index is -0.733. The molecular weight excluding hydrogens is 506 g/mol. The molecule has 1 aromatic heterocycles. The summed E-state index contributed by atoms with van der Waals surface area (Å²) in [7, 11) is 0. The van der Waals surface area contributed by atoms with Gasteiger partial charge in [-0.3, -0.25) is 19.7 Å². The Morgan fingerprint density at radius 2 is 1.74 bits per heavy atom. The zero-order chi connectivity index (χ0) is 27.2. The molecule has 0 aliphatic rings. The van der Waals surface area contributed by atoms with E-state index in [0.29, 0.717) is 23.6 Å². The number of nitro benzene ring substituents is 1. The smallest absolute Gasteiger partial charge is 0.270 e. The van der Waals surface area contributed by atoms with Crippen LogP contribution < -0.4 is 10.1 Å². The lowest BCUT2D eigenvalue weighted by Crippen LogP contribution is -2.36. The fraction of sp³-hybridized carbons (Fsp3) is 0.172. The molecule has 194 valence electrons. The Hall–Kier alpha value is -4.43. The van der Waals surface area contributed by atoms with Crippen molar-refractivity contribution in [1.29, 1.82) is 0 Å². The normalized spacial score (nSPS) is 11.6. The molecule has 9 heteroatoms. The molecule has 4 aromatic rings. The summed E-state index contributed by atoms with van der Waals surface area (Å²) in [5.74, 6) is -0.169. The molecule has 0 spiro atoms. The SMILES string of the molecule is CCc1cc(CNC(=O)C(C)Oc2ccccc2)n(-c2ccc([N+](=O)[O-])cc2C(=O)c2ccccc2Cl)c1. The molecular formula is C29H26ClN3O5. The van der Waals surface area contributed by atoms with Gasteiger partial charge in [-0.25, -0.2) is 0 Å². The molecule has 4 rings (SSSR count). The zero-order valence-corrected chi connectivity index (χ0v) is 21.6. The number of nitrogens with one attached hydrogen (secondary N) is 1. The number of ether oxygens (including phenoxy) is 1. The Balaban J connectivity index is 1.67. The van der Waals surface area contributed by atoms with Crippen LogP contribution in [0, 0.1) is 10.1 Å². The highest BCUT2D eigenvalue weighted by atomic mass is 35.5. The molecule has 0 aliphatic carbocycles. The second-order valence-corrected chi connectivity index (χ2v) is 9.03. The first-order valence-corrected chi connectivity index (χ1v) is 12.4. The van der Waals surface area contributed by atoms with Gasteiger partial charge in [0.15, 0.2) is 11.9 Å². The predicted octanol–water partition coefficient (Wildman–Crippen LogP) is 5.92. The Morgan fingerprint density at radius 3 is 2.42 bits per heavy atom. The second kappa shape index (κ2) is 11.7. The summed E-state index contributed by atoms with van der Waals surface area (Å²) in [6.45, 7) is 3.80. The topological polar surface area (TPSA) is 103 Å². The van der Waals surface area contributed by atoms with Gasteiger partial charge in [-0.1, -0.05) is 48.9 Å². The number of carbonyl (C=O) groups is 2. The average Bonchev–Trinajstić information content (AvgIpc) is 3.35. The van der Waals surface area contributed by atoms with Crippen molar-refractivity contribution in [2.24, 2.45) is 0 Å².